The summed E-state index contributed by atoms with van der Waals surface area (Å²) in [6.07, 6.45) is 3.02. The summed E-state index contributed by atoms with van der Waals surface area (Å²) in [7, 11) is 0. The molecule has 0 amide bonds. The number of hydrogen-bond acceptors (Lipinski definition) is 0. The van der Waals surface area contributed by atoms with Crippen molar-refractivity contribution in [1.82, 2.24) is 0 Å². The fourth-order valence-corrected chi connectivity index (χ4v) is 3.41. The van der Waals surface area contributed by atoms with E-state index in [1.54, 1.807) is 0 Å². The van der Waals surface area contributed by atoms with E-state index in [0.29, 0.717) is 5.41 Å². The molecule has 0 heteroatoms. The Hall–Kier alpha value is 0. The zero-order valence-electron chi connectivity index (χ0n) is 8.22. The summed E-state index contributed by atoms with van der Waals surface area (Å²) in [4.78, 5) is 0. The topological polar surface area (TPSA) is 0 Å². The molecule has 0 heterocycles. The maximum Gasteiger partial charge on any atom is -0.0295 e. The van der Waals surface area contributed by atoms with E-state index in [1.165, 1.54) is 12.8 Å². The summed E-state index contributed by atoms with van der Waals surface area (Å²) in [5, 5.41) is 0. The molecule has 3 aliphatic rings. The molecule has 3 aliphatic carbocycles. The molecule has 0 saturated heterocycles. The van der Waals surface area contributed by atoms with Crippen molar-refractivity contribution in [3.8, 4) is 0 Å². The molecule has 0 aromatic carbocycles. The van der Waals surface area contributed by atoms with Gasteiger partial charge in [0.1, 0.15) is 0 Å². The van der Waals surface area contributed by atoms with Crippen LogP contribution in [0.15, 0.2) is 0 Å². The van der Waals surface area contributed by atoms with Crippen LogP contribution in [0.2, 0.25) is 0 Å². The lowest BCUT2D eigenvalue weighted by molar-refractivity contribution is -0.124. The maximum atomic E-state index is 2.47. The predicted octanol–water partition coefficient (Wildman–Crippen LogP) is 3.32. The van der Waals surface area contributed by atoms with Gasteiger partial charge >= 0.3 is 0 Å². The molecular formula is C11H20. The van der Waals surface area contributed by atoms with Gasteiger partial charge in [0.05, 0.1) is 0 Å². The highest BCUT2D eigenvalue weighted by atomic mass is 14.6. The van der Waals surface area contributed by atoms with Crippen LogP contribution in [-0.2, 0) is 0 Å². The van der Waals surface area contributed by atoms with E-state index in [-0.39, 0.29) is 0 Å². The number of hydrogen-bond donors (Lipinski definition) is 0. The lowest BCUT2D eigenvalue weighted by Crippen LogP contribution is -2.54. The van der Waals surface area contributed by atoms with E-state index in [1.807, 2.05) is 0 Å². The molecule has 0 nitrogen and oxygen atoms in total. The molecule has 64 valence electrons. The first kappa shape index (κ1) is 7.64. The van der Waals surface area contributed by atoms with E-state index in [9.17, 15) is 0 Å². The van der Waals surface area contributed by atoms with Crippen molar-refractivity contribution in [2.24, 2.45) is 29.1 Å². The molecule has 0 aromatic heterocycles. The van der Waals surface area contributed by atoms with Crippen molar-refractivity contribution in [3.63, 3.8) is 0 Å². The first-order chi connectivity index (χ1) is 5.03. The first-order valence-corrected chi connectivity index (χ1v) is 5.03. The minimum Gasteiger partial charge on any atom is -0.0622 e. The van der Waals surface area contributed by atoms with Gasteiger partial charge in [0.25, 0.3) is 0 Å². The Morgan fingerprint density at radius 2 is 1.73 bits per heavy atom. The molecule has 3 fully saturated rings. The van der Waals surface area contributed by atoms with Crippen LogP contribution >= 0.6 is 0 Å². The Morgan fingerprint density at radius 3 is 2.09 bits per heavy atom. The quantitative estimate of drug-likeness (QED) is 0.499. The zero-order chi connectivity index (χ0) is 8.22. The SMILES string of the molecule is CC1C[C@H]2C[C@@H]([C@@H]1C)C2(C)C. The standard InChI is InChI=1S/C11H20/c1-7-5-9-6-10(8(7)2)11(9,3)4/h7-10H,5-6H2,1-4H3/t7?,8-,9+,10+/m1/s1. The van der Waals surface area contributed by atoms with Gasteiger partial charge in [-0.05, 0) is 41.9 Å². The third-order valence-electron chi connectivity index (χ3n) is 4.73. The van der Waals surface area contributed by atoms with Gasteiger partial charge in [-0.15, -0.1) is 0 Å². The molecular weight excluding hydrogens is 132 g/mol. The Kier molecular flexibility index (Phi) is 1.41. The van der Waals surface area contributed by atoms with Gasteiger partial charge in [0.15, 0.2) is 0 Å². The van der Waals surface area contributed by atoms with Crippen molar-refractivity contribution >= 4 is 0 Å². The summed E-state index contributed by atoms with van der Waals surface area (Å²) in [6, 6.07) is 0. The molecule has 1 unspecified atom stereocenters. The Balaban J connectivity index is 2.17. The largest absolute Gasteiger partial charge is 0.0622 e. The van der Waals surface area contributed by atoms with Crippen molar-refractivity contribution < 1.29 is 0 Å². The van der Waals surface area contributed by atoms with Gasteiger partial charge in [-0.3, -0.25) is 0 Å². The van der Waals surface area contributed by atoms with Crippen molar-refractivity contribution in [1.29, 1.82) is 0 Å². The van der Waals surface area contributed by atoms with Crippen molar-refractivity contribution in [3.05, 3.63) is 0 Å². The molecule has 0 radical (unpaired) electrons. The number of rotatable bonds is 0. The smallest absolute Gasteiger partial charge is 0.0295 e. The fourth-order valence-electron chi connectivity index (χ4n) is 3.41. The highest BCUT2D eigenvalue weighted by Crippen LogP contribution is 2.62. The summed E-state index contributed by atoms with van der Waals surface area (Å²) in [6.45, 7) is 9.81. The molecule has 4 atom stereocenters. The van der Waals surface area contributed by atoms with Crippen molar-refractivity contribution in [2.45, 2.75) is 40.5 Å². The van der Waals surface area contributed by atoms with Gasteiger partial charge < -0.3 is 0 Å². The third-order valence-corrected chi connectivity index (χ3v) is 4.73. The van der Waals surface area contributed by atoms with Crippen LogP contribution < -0.4 is 0 Å². The summed E-state index contributed by atoms with van der Waals surface area (Å²) in [5.41, 5.74) is 0.686. The van der Waals surface area contributed by atoms with Gasteiger partial charge in [0, 0.05) is 0 Å². The minimum atomic E-state index is 0.686. The average molecular weight is 152 g/mol. The molecule has 3 rings (SSSR count). The van der Waals surface area contributed by atoms with E-state index in [0.717, 1.165) is 23.7 Å². The maximum absolute atomic E-state index is 2.47. The van der Waals surface area contributed by atoms with E-state index >= 15 is 0 Å². The van der Waals surface area contributed by atoms with Gasteiger partial charge in [-0.2, -0.15) is 0 Å². The minimum absolute atomic E-state index is 0.686. The summed E-state index contributed by atoms with van der Waals surface area (Å²) in [5.74, 6) is 4.07. The summed E-state index contributed by atoms with van der Waals surface area (Å²) >= 11 is 0. The normalized spacial score (nSPS) is 53.5. The van der Waals surface area contributed by atoms with Crippen LogP contribution in [-0.4, -0.2) is 0 Å². The molecule has 11 heavy (non-hydrogen) atoms. The van der Waals surface area contributed by atoms with Crippen LogP contribution in [0.25, 0.3) is 0 Å². The van der Waals surface area contributed by atoms with Gasteiger partial charge in [0.2, 0.25) is 0 Å². The van der Waals surface area contributed by atoms with E-state index < -0.39 is 0 Å². The average Bonchev–Trinajstić information content (AvgIpc) is 1.93. The summed E-state index contributed by atoms with van der Waals surface area (Å²) < 4.78 is 0. The predicted molar refractivity (Wildman–Crippen MR) is 48.3 cm³/mol. The molecule has 0 aliphatic heterocycles. The van der Waals surface area contributed by atoms with Crippen LogP contribution in [0.3, 0.4) is 0 Å². The Bertz CT molecular complexity index is 169. The lowest BCUT2D eigenvalue weighted by atomic mass is 9.44. The van der Waals surface area contributed by atoms with Gasteiger partial charge in [-0.1, -0.05) is 27.7 Å². The Morgan fingerprint density at radius 1 is 1.09 bits per heavy atom. The molecule has 0 aromatic rings. The van der Waals surface area contributed by atoms with E-state index in [4.69, 9.17) is 0 Å². The zero-order valence-corrected chi connectivity index (χ0v) is 8.22. The van der Waals surface area contributed by atoms with E-state index in [2.05, 4.69) is 27.7 Å². The number of fused-ring (bicyclic) bond motifs is 2. The van der Waals surface area contributed by atoms with Crippen LogP contribution in [0.4, 0.5) is 0 Å². The lowest BCUT2D eigenvalue weighted by Gasteiger charge is -2.61. The Labute approximate surface area is 70.4 Å². The second-order valence-corrected chi connectivity index (χ2v) is 5.43. The fraction of sp³-hybridized carbons (Fsp3) is 1.00. The first-order valence-electron chi connectivity index (χ1n) is 5.03. The second kappa shape index (κ2) is 2.02. The third kappa shape index (κ3) is 0.816. The monoisotopic (exact) mass is 152 g/mol. The van der Waals surface area contributed by atoms with Crippen LogP contribution in [0, 0.1) is 29.1 Å². The highest BCUT2D eigenvalue weighted by molar-refractivity contribution is 5.03. The van der Waals surface area contributed by atoms with Crippen LogP contribution in [0.1, 0.15) is 40.5 Å². The molecule has 3 saturated carbocycles. The van der Waals surface area contributed by atoms with Crippen LogP contribution in [0.5, 0.6) is 0 Å². The van der Waals surface area contributed by atoms with Gasteiger partial charge in [-0.25, -0.2) is 0 Å². The van der Waals surface area contributed by atoms with Crippen molar-refractivity contribution in [2.75, 3.05) is 0 Å². The molecule has 2 bridgehead atoms. The second-order valence-electron chi connectivity index (χ2n) is 5.43. The highest BCUT2D eigenvalue weighted by Gasteiger charge is 2.54. The molecule has 0 N–H and O–H groups in total. The molecule has 0 spiro atoms.